The standard InChI is InChI=1S/C25H33F3IN5O2/c1-14(2)32-24(5,33-15(3)4)30-11-25(36)12-34(13-25)23(35)17-7-8-18(26)21(28)22(17)31-20-9-6-16(29)10-19(20)27/h6-10,14-15,30-33,36H,11-13H2,1-5H3. The molecule has 1 saturated heterocycles. The molecule has 1 aliphatic heterocycles. The normalized spacial score (nSPS) is 15.4. The Kier molecular flexibility index (Phi) is 8.92. The quantitative estimate of drug-likeness (QED) is 0.205. The average Bonchev–Trinajstić information content (AvgIpc) is 2.74. The molecule has 0 spiro atoms. The van der Waals surface area contributed by atoms with Crippen molar-refractivity contribution in [2.75, 3.05) is 25.0 Å². The van der Waals surface area contributed by atoms with Gasteiger partial charge in [-0.1, -0.05) is 0 Å². The zero-order valence-corrected chi connectivity index (χ0v) is 23.1. The second kappa shape index (κ2) is 11.2. The van der Waals surface area contributed by atoms with Crippen molar-refractivity contribution in [2.45, 2.75) is 58.1 Å². The molecule has 198 valence electrons. The fourth-order valence-electron chi connectivity index (χ4n) is 4.31. The molecule has 2 aromatic carbocycles. The van der Waals surface area contributed by atoms with Crippen molar-refractivity contribution in [3.8, 4) is 0 Å². The van der Waals surface area contributed by atoms with E-state index in [9.17, 15) is 23.1 Å². The van der Waals surface area contributed by atoms with Crippen molar-refractivity contribution < 1.29 is 23.1 Å². The molecule has 36 heavy (non-hydrogen) atoms. The number of hydrogen-bond acceptors (Lipinski definition) is 6. The first-order chi connectivity index (χ1) is 16.7. The highest BCUT2D eigenvalue weighted by atomic mass is 127. The van der Waals surface area contributed by atoms with Crippen LogP contribution in [0.3, 0.4) is 0 Å². The Morgan fingerprint density at radius 2 is 1.69 bits per heavy atom. The number of amides is 1. The van der Waals surface area contributed by atoms with Gasteiger partial charge in [-0.25, -0.2) is 13.2 Å². The molecule has 2 aromatic rings. The van der Waals surface area contributed by atoms with Crippen molar-refractivity contribution >= 4 is 39.9 Å². The van der Waals surface area contributed by atoms with E-state index in [0.717, 1.165) is 12.1 Å². The van der Waals surface area contributed by atoms with Gasteiger partial charge in [0.25, 0.3) is 5.91 Å². The molecule has 5 N–H and O–H groups in total. The first-order valence-electron chi connectivity index (χ1n) is 11.7. The van der Waals surface area contributed by atoms with Crippen LogP contribution in [0.1, 0.15) is 45.0 Å². The van der Waals surface area contributed by atoms with E-state index in [1.165, 1.54) is 17.0 Å². The Labute approximate surface area is 223 Å². The van der Waals surface area contributed by atoms with Gasteiger partial charge < -0.3 is 15.3 Å². The summed E-state index contributed by atoms with van der Waals surface area (Å²) in [6.45, 7) is 10.1. The number of likely N-dealkylation sites (tertiary alicyclic amines) is 1. The minimum absolute atomic E-state index is 0.00536. The summed E-state index contributed by atoms with van der Waals surface area (Å²) >= 11 is 1.93. The number of carbonyl (C=O) groups is 1. The Morgan fingerprint density at radius 3 is 2.25 bits per heavy atom. The number of rotatable bonds is 10. The smallest absolute Gasteiger partial charge is 0.256 e. The van der Waals surface area contributed by atoms with Gasteiger partial charge in [-0.15, -0.1) is 0 Å². The maximum Gasteiger partial charge on any atom is 0.256 e. The molecule has 1 fully saturated rings. The molecule has 1 heterocycles. The number of anilines is 2. The van der Waals surface area contributed by atoms with Crippen LogP contribution in [-0.4, -0.2) is 59.0 Å². The first-order valence-corrected chi connectivity index (χ1v) is 12.8. The van der Waals surface area contributed by atoms with Crippen LogP contribution in [0, 0.1) is 21.0 Å². The van der Waals surface area contributed by atoms with Crippen molar-refractivity contribution in [2.24, 2.45) is 0 Å². The predicted octanol–water partition coefficient (Wildman–Crippen LogP) is 3.90. The lowest BCUT2D eigenvalue weighted by Gasteiger charge is -2.48. The molecule has 1 amide bonds. The highest BCUT2D eigenvalue weighted by molar-refractivity contribution is 14.1. The van der Waals surface area contributed by atoms with Crippen LogP contribution < -0.4 is 21.3 Å². The van der Waals surface area contributed by atoms with E-state index < -0.39 is 40.4 Å². The fourth-order valence-corrected chi connectivity index (χ4v) is 4.76. The lowest BCUT2D eigenvalue weighted by Crippen LogP contribution is -2.73. The Bertz CT molecular complexity index is 1100. The molecule has 0 atom stereocenters. The predicted molar refractivity (Wildman–Crippen MR) is 143 cm³/mol. The van der Waals surface area contributed by atoms with Gasteiger partial charge in [0.1, 0.15) is 17.2 Å². The van der Waals surface area contributed by atoms with Crippen molar-refractivity contribution in [3.63, 3.8) is 0 Å². The van der Waals surface area contributed by atoms with Crippen LogP contribution in [0.25, 0.3) is 0 Å². The molecule has 0 bridgehead atoms. The second-order valence-electron chi connectivity index (χ2n) is 10.00. The molecule has 7 nitrogen and oxygen atoms in total. The monoisotopic (exact) mass is 619 g/mol. The maximum absolute atomic E-state index is 14.7. The van der Waals surface area contributed by atoms with E-state index in [2.05, 4.69) is 21.3 Å². The van der Waals surface area contributed by atoms with E-state index in [1.54, 1.807) is 6.07 Å². The number of halogens is 4. The molecule has 0 unspecified atom stereocenters. The number of nitrogens with zero attached hydrogens (tertiary/aromatic N) is 1. The summed E-state index contributed by atoms with van der Waals surface area (Å²) in [5.74, 6) is -4.38. The van der Waals surface area contributed by atoms with Gasteiger partial charge in [-0.3, -0.25) is 20.7 Å². The van der Waals surface area contributed by atoms with Gasteiger partial charge >= 0.3 is 0 Å². The van der Waals surface area contributed by atoms with Crippen LogP contribution in [0.15, 0.2) is 30.3 Å². The van der Waals surface area contributed by atoms with Gasteiger partial charge in [0, 0.05) is 22.2 Å². The second-order valence-corrected chi connectivity index (χ2v) is 11.2. The molecule has 0 radical (unpaired) electrons. The Hall–Kier alpha value is -1.93. The van der Waals surface area contributed by atoms with Gasteiger partial charge in [0.05, 0.1) is 30.0 Å². The van der Waals surface area contributed by atoms with E-state index >= 15 is 0 Å². The lowest BCUT2D eigenvalue weighted by molar-refractivity contribution is -0.0843. The molecule has 1 aliphatic rings. The highest BCUT2D eigenvalue weighted by Gasteiger charge is 2.45. The lowest BCUT2D eigenvalue weighted by atomic mass is 9.92. The summed E-state index contributed by atoms with van der Waals surface area (Å²) in [5.41, 5.74) is -1.91. The van der Waals surface area contributed by atoms with Gasteiger partial charge in [0.15, 0.2) is 11.6 Å². The van der Waals surface area contributed by atoms with Crippen molar-refractivity contribution in [1.82, 2.24) is 20.9 Å². The topological polar surface area (TPSA) is 88.7 Å². The van der Waals surface area contributed by atoms with Gasteiger partial charge in [-0.05, 0) is 87.5 Å². The zero-order chi connectivity index (χ0) is 26.8. The summed E-state index contributed by atoms with van der Waals surface area (Å²) in [6.07, 6.45) is 0. The number of nitrogens with one attached hydrogen (secondary N) is 4. The number of benzene rings is 2. The number of aliphatic hydroxyl groups is 1. The molecule has 0 aliphatic carbocycles. The van der Waals surface area contributed by atoms with E-state index in [0.29, 0.717) is 3.57 Å². The van der Waals surface area contributed by atoms with Crippen molar-refractivity contribution in [1.29, 1.82) is 0 Å². The third-order valence-electron chi connectivity index (χ3n) is 5.70. The molecule has 0 saturated carbocycles. The van der Waals surface area contributed by atoms with Crippen LogP contribution in [0.2, 0.25) is 0 Å². The molecular formula is C25H33F3IN5O2. The van der Waals surface area contributed by atoms with E-state index in [4.69, 9.17) is 0 Å². The van der Waals surface area contributed by atoms with Gasteiger partial charge in [0.2, 0.25) is 0 Å². The summed E-state index contributed by atoms with van der Waals surface area (Å²) in [7, 11) is 0. The van der Waals surface area contributed by atoms with E-state index in [-0.39, 0.29) is 43.0 Å². The largest absolute Gasteiger partial charge is 0.385 e. The number of hydrogen-bond donors (Lipinski definition) is 5. The molecule has 0 aromatic heterocycles. The Morgan fingerprint density at radius 1 is 1.08 bits per heavy atom. The Balaban J connectivity index is 1.73. The highest BCUT2D eigenvalue weighted by Crippen LogP contribution is 2.31. The maximum atomic E-state index is 14.7. The average molecular weight is 619 g/mol. The van der Waals surface area contributed by atoms with Crippen LogP contribution in [0.4, 0.5) is 24.5 Å². The zero-order valence-electron chi connectivity index (χ0n) is 21.0. The summed E-state index contributed by atoms with van der Waals surface area (Å²) in [5, 5.41) is 23.6. The summed E-state index contributed by atoms with van der Waals surface area (Å²) < 4.78 is 43.7. The SMILES string of the molecule is CC(C)NC(C)(NCC1(O)CN(C(=O)c2ccc(F)c(F)c2Nc2ccc(I)cc2F)C1)NC(C)C. The number of carbonyl (C=O) groups excluding carboxylic acids is 1. The van der Waals surface area contributed by atoms with Crippen molar-refractivity contribution in [3.05, 3.63) is 56.9 Å². The molecule has 3 rings (SSSR count). The summed E-state index contributed by atoms with van der Waals surface area (Å²) in [6, 6.07) is 6.56. The third-order valence-corrected chi connectivity index (χ3v) is 6.37. The number of β-amino-alcohol motifs (C(OH)–C–C–N with tert-alkyl or cyclic N) is 1. The van der Waals surface area contributed by atoms with Crippen LogP contribution in [-0.2, 0) is 0 Å². The fraction of sp³-hybridized carbons (Fsp3) is 0.480. The minimum atomic E-state index is -1.29. The first kappa shape index (κ1) is 28.6. The third kappa shape index (κ3) is 6.88. The molecular weight excluding hydrogens is 586 g/mol. The minimum Gasteiger partial charge on any atom is -0.385 e. The summed E-state index contributed by atoms with van der Waals surface area (Å²) in [4.78, 5) is 14.5. The van der Waals surface area contributed by atoms with E-state index in [1.807, 2.05) is 57.2 Å². The van der Waals surface area contributed by atoms with Crippen LogP contribution >= 0.6 is 22.6 Å². The van der Waals surface area contributed by atoms with Crippen LogP contribution in [0.5, 0.6) is 0 Å². The van der Waals surface area contributed by atoms with Gasteiger partial charge in [-0.2, -0.15) is 0 Å². The molecule has 11 heteroatoms.